The molecule has 94 valence electrons. The Morgan fingerprint density at radius 3 is 3.24 bits per heavy atom. The Balaban J connectivity index is 1.96. The van der Waals surface area contributed by atoms with Gasteiger partial charge in [0, 0.05) is 33.2 Å². The number of rotatable bonds is 2. The average Bonchev–Trinajstić information content (AvgIpc) is 2.73. The zero-order chi connectivity index (χ0) is 12.3. The number of likely N-dealkylation sites (tertiary alicyclic amines) is 1. The third-order valence-corrected chi connectivity index (χ3v) is 3.68. The topological polar surface area (TPSA) is 62.6 Å². The Hall–Kier alpha value is -1.12. The van der Waals surface area contributed by atoms with Gasteiger partial charge in [-0.25, -0.2) is 0 Å². The van der Waals surface area contributed by atoms with Gasteiger partial charge in [-0.1, -0.05) is 0 Å². The van der Waals surface area contributed by atoms with E-state index in [-0.39, 0.29) is 24.0 Å². The van der Waals surface area contributed by atoms with Gasteiger partial charge in [-0.05, 0) is 12.8 Å². The quantitative estimate of drug-likeness (QED) is 0.710. The van der Waals surface area contributed by atoms with Crippen molar-refractivity contribution >= 4 is 5.91 Å². The maximum absolute atomic E-state index is 11.6. The highest BCUT2D eigenvalue weighted by Crippen LogP contribution is 2.35. The van der Waals surface area contributed by atoms with Crippen LogP contribution < -0.4 is 0 Å². The molecule has 2 saturated heterocycles. The van der Waals surface area contributed by atoms with E-state index in [0.29, 0.717) is 19.7 Å². The molecule has 0 bridgehead atoms. The Kier molecular flexibility index (Phi) is 3.65. The van der Waals surface area contributed by atoms with Gasteiger partial charge in [0.25, 0.3) is 0 Å². The van der Waals surface area contributed by atoms with Crippen LogP contribution in [-0.4, -0.2) is 49.3 Å². The highest BCUT2D eigenvalue weighted by Gasteiger charge is 2.44. The summed E-state index contributed by atoms with van der Waals surface area (Å²) in [6.45, 7) is 1.99. The Labute approximate surface area is 101 Å². The van der Waals surface area contributed by atoms with E-state index in [9.17, 15) is 4.79 Å². The molecule has 0 saturated carbocycles. The van der Waals surface area contributed by atoms with Crippen molar-refractivity contribution < 1.29 is 14.3 Å². The molecule has 2 aliphatic rings. The lowest BCUT2D eigenvalue weighted by Gasteiger charge is -2.37. The fraction of sp³-hybridized carbons (Fsp3) is 0.833. The second-order valence-electron chi connectivity index (χ2n) is 4.78. The van der Waals surface area contributed by atoms with Crippen LogP contribution in [0.3, 0.4) is 0 Å². The Morgan fingerprint density at radius 1 is 1.71 bits per heavy atom. The molecule has 2 atom stereocenters. The van der Waals surface area contributed by atoms with Crippen molar-refractivity contribution in [3.63, 3.8) is 0 Å². The first-order valence-electron chi connectivity index (χ1n) is 6.00. The number of nitriles is 1. The van der Waals surface area contributed by atoms with Crippen LogP contribution in [0, 0.1) is 11.3 Å². The lowest BCUT2D eigenvalue weighted by Crippen LogP contribution is -2.45. The number of nitrogens with zero attached hydrogens (tertiary/aromatic N) is 2. The minimum atomic E-state index is -0.232. The number of ether oxygens (including phenoxy) is 2. The molecule has 0 aromatic heterocycles. The third kappa shape index (κ3) is 2.59. The fourth-order valence-electron chi connectivity index (χ4n) is 2.71. The molecule has 0 aromatic rings. The summed E-state index contributed by atoms with van der Waals surface area (Å²) in [4.78, 5) is 13.4. The monoisotopic (exact) mass is 238 g/mol. The summed E-state index contributed by atoms with van der Waals surface area (Å²) in [6.07, 6.45) is 2.81. The van der Waals surface area contributed by atoms with Crippen LogP contribution >= 0.6 is 0 Å². The lowest BCUT2D eigenvalue weighted by molar-refractivity contribution is -0.136. The number of hydrogen-bond donors (Lipinski definition) is 0. The summed E-state index contributed by atoms with van der Waals surface area (Å²) < 4.78 is 11.2. The lowest BCUT2D eigenvalue weighted by atomic mass is 9.91. The molecule has 2 aliphatic heterocycles. The van der Waals surface area contributed by atoms with Gasteiger partial charge in [-0.3, -0.25) is 4.79 Å². The van der Waals surface area contributed by atoms with Gasteiger partial charge in [-0.15, -0.1) is 0 Å². The molecule has 1 spiro atoms. The first kappa shape index (κ1) is 12.3. The van der Waals surface area contributed by atoms with Crippen LogP contribution in [0.2, 0.25) is 0 Å². The second-order valence-corrected chi connectivity index (χ2v) is 4.78. The van der Waals surface area contributed by atoms with Crippen molar-refractivity contribution in [1.82, 2.24) is 4.90 Å². The van der Waals surface area contributed by atoms with Crippen molar-refractivity contribution in [1.29, 1.82) is 5.26 Å². The van der Waals surface area contributed by atoms with Crippen LogP contribution in [0.4, 0.5) is 0 Å². The van der Waals surface area contributed by atoms with Crippen molar-refractivity contribution in [2.24, 2.45) is 0 Å². The maximum Gasteiger partial charge on any atom is 0.236 e. The third-order valence-electron chi connectivity index (χ3n) is 3.68. The largest absolute Gasteiger partial charge is 0.381 e. The summed E-state index contributed by atoms with van der Waals surface area (Å²) in [7, 11) is 1.72. The predicted octanol–water partition coefficient (Wildman–Crippen LogP) is 0.697. The smallest absolute Gasteiger partial charge is 0.236 e. The minimum Gasteiger partial charge on any atom is -0.381 e. The zero-order valence-corrected chi connectivity index (χ0v) is 10.1. The van der Waals surface area contributed by atoms with Crippen LogP contribution in [-0.2, 0) is 14.3 Å². The first-order valence-corrected chi connectivity index (χ1v) is 6.00. The molecular weight excluding hydrogens is 220 g/mol. The minimum absolute atomic E-state index is 0.0379. The van der Waals surface area contributed by atoms with Gasteiger partial charge in [0.05, 0.1) is 17.8 Å². The van der Waals surface area contributed by atoms with Crippen molar-refractivity contribution in [3.05, 3.63) is 0 Å². The highest BCUT2D eigenvalue weighted by atomic mass is 16.5. The standard InChI is InChI=1S/C12H18N2O3/c1-16-10-3-7-17-12(8-10)4-6-14(9-12)11(15)2-5-13/h10H,2-4,6-9H2,1H3. The van der Waals surface area contributed by atoms with E-state index in [0.717, 1.165) is 19.3 Å². The van der Waals surface area contributed by atoms with Crippen LogP contribution in [0.15, 0.2) is 0 Å². The van der Waals surface area contributed by atoms with E-state index in [1.54, 1.807) is 12.0 Å². The molecule has 1 amide bonds. The number of amides is 1. The molecule has 17 heavy (non-hydrogen) atoms. The van der Waals surface area contributed by atoms with Gasteiger partial charge in [0.1, 0.15) is 6.42 Å². The molecule has 2 rings (SSSR count). The Bertz CT molecular complexity index is 339. The molecule has 2 heterocycles. The maximum atomic E-state index is 11.6. The summed E-state index contributed by atoms with van der Waals surface area (Å²) in [5, 5.41) is 8.53. The number of carbonyl (C=O) groups excluding carboxylic acids is 1. The van der Waals surface area contributed by atoms with Gasteiger partial charge in [0.15, 0.2) is 0 Å². The highest BCUT2D eigenvalue weighted by molar-refractivity contribution is 5.78. The summed E-state index contributed by atoms with van der Waals surface area (Å²) in [5.74, 6) is -0.0903. The number of carbonyl (C=O) groups is 1. The van der Waals surface area contributed by atoms with Crippen molar-refractivity contribution in [2.75, 3.05) is 26.8 Å². The predicted molar refractivity (Wildman–Crippen MR) is 60.1 cm³/mol. The van der Waals surface area contributed by atoms with Crippen LogP contribution in [0.1, 0.15) is 25.7 Å². The van der Waals surface area contributed by atoms with E-state index in [4.69, 9.17) is 14.7 Å². The summed E-state index contributed by atoms with van der Waals surface area (Å²) in [6, 6.07) is 1.90. The molecule has 2 fully saturated rings. The normalized spacial score (nSPS) is 32.7. The molecule has 5 nitrogen and oxygen atoms in total. The fourth-order valence-corrected chi connectivity index (χ4v) is 2.71. The van der Waals surface area contributed by atoms with Gasteiger partial charge in [-0.2, -0.15) is 5.26 Å². The molecule has 5 heteroatoms. The average molecular weight is 238 g/mol. The van der Waals surface area contributed by atoms with Gasteiger partial charge < -0.3 is 14.4 Å². The number of hydrogen-bond acceptors (Lipinski definition) is 4. The second kappa shape index (κ2) is 5.03. The van der Waals surface area contributed by atoms with Crippen molar-refractivity contribution in [2.45, 2.75) is 37.4 Å². The van der Waals surface area contributed by atoms with E-state index in [1.807, 2.05) is 6.07 Å². The molecule has 0 aromatic carbocycles. The van der Waals surface area contributed by atoms with Crippen LogP contribution in [0.25, 0.3) is 0 Å². The first-order chi connectivity index (χ1) is 8.19. The molecule has 0 N–H and O–H groups in total. The van der Waals surface area contributed by atoms with E-state index in [1.165, 1.54) is 0 Å². The van der Waals surface area contributed by atoms with Crippen LogP contribution in [0.5, 0.6) is 0 Å². The van der Waals surface area contributed by atoms with Gasteiger partial charge >= 0.3 is 0 Å². The zero-order valence-electron chi connectivity index (χ0n) is 10.1. The molecule has 0 radical (unpaired) electrons. The van der Waals surface area contributed by atoms with Gasteiger partial charge in [0.2, 0.25) is 5.91 Å². The SMILES string of the molecule is COC1CCOC2(CCN(C(=O)CC#N)C2)C1. The molecular formula is C12H18N2O3. The summed E-state index contributed by atoms with van der Waals surface area (Å²) in [5.41, 5.74) is -0.232. The molecule has 2 unspecified atom stereocenters. The van der Waals surface area contributed by atoms with E-state index in [2.05, 4.69) is 0 Å². The Morgan fingerprint density at radius 2 is 2.53 bits per heavy atom. The van der Waals surface area contributed by atoms with E-state index >= 15 is 0 Å². The number of methoxy groups -OCH3 is 1. The summed E-state index contributed by atoms with van der Waals surface area (Å²) >= 11 is 0. The molecule has 0 aliphatic carbocycles. The van der Waals surface area contributed by atoms with E-state index < -0.39 is 0 Å². The van der Waals surface area contributed by atoms with Crippen molar-refractivity contribution in [3.8, 4) is 6.07 Å².